The third-order valence-corrected chi connectivity index (χ3v) is 2.06. The van der Waals surface area contributed by atoms with E-state index in [4.69, 9.17) is 20.8 Å². The van der Waals surface area contributed by atoms with Gasteiger partial charge in [-0.1, -0.05) is 17.7 Å². The number of rotatable bonds is 2. The number of oxazole rings is 1. The van der Waals surface area contributed by atoms with Gasteiger partial charge in [0.1, 0.15) is 5.75 Å². The second kappa shape index (κ2) is 4.02. The number of ether oxygens (including phenoxy) is 1. The SMILES string of the molecule is Clc1cccc(Oc2ncc(Br)o2)c1. The van der Waals surface area contributed by atoms with Crippen LogP contribution < -0.4 is 4.74 Å². The van der Waals surface area contributed by atoms with Crippen LogP contribution in [0.2, 0.25) is 5.02 Å². The minimum Gasteiger partial charge on any atom is -0.411 e. The Morgan fingerprint density at radius 2 is 2.29 bits per heavy atom. The van der Waals surface area contributed by atoms with Crippen LogP contribution in [-0.4, -0.2) is 4.98 Å². The van der Waals surface area contributed by atoms with E-state index >= 15 is 0 Å². The monoisotopic (exact) mass is 273 g/mol. The van der Waals surface area contributed by atoms with Crippen LogP contribution in [0.5, 0.6) is 11.8 Å². The molecule has 0 amide bonds. The lowest BCUT2D eigenvalue weighted by Crippen LogP contribution is -1.82. The van der Waals surface area contributed by atoms with Crippen molar-refractivity contribution in [3.05, 3.63) is 40.2 Å². The second-order valence-electron chi connectivity index (χ2n) is 2.49. The van der Waals surface area contributed by atoms with Crippen LogP contribution in [0.25, 0.3) is 0 Å². The predicted octanol–water partition coefficient (Wildman–Crippen LogP) is 3.88. The van der Waals surface area contributed by atoms with Crippen LogP contribution in [0.4, 0.5) is 0 Å². The van der Waals surface area contributed by atoms with Gasteiger partial charge < -0.3 is 9.15 Å². The van der Waals surface area contributed by atoms with Gasteiger partial charge >= 0.3 is 6.08 Å². The fourth-order valence-corrected chi connectivity index (χ4v) is 1.34. The summed E-state index contributed by atoms with van der Waals surface area (Å²) in [5.41, 5.74) is 0. The van der Waals surface area contributed by atoms with Gasteiger partial charge in [-0.15, -0.1) is 0 Å². The molecule has 14 heavy (non-hydrogen) atoms. The van der Waals surface area contributed by atoms with Crippen LogP contribution in [-0.2, 0) is 0 Å². The standard InChI is InChI=1S/C9H5BrClNO2/c10-8-5-12-9(14-8)13-7-3-1-2-6(11)4-7/h1-5H. The van der Waals surface area contributed by atoms with Crippen molar-refractivity contribution in [1.82, 2.24) is 4.98 Å². The lowest BCUT2D eigenvalue weighted by molar-refractivity contribution is 0.323. The topological polar surface area (TPSA) is 35.3 Å². The Morgan fingerprint density at radius 3 is 2.93 bits per heavy atom. The van der Waals surface area contributed by atoms with Gasteiger partial charge in [-0.25, -0.2) is 0 Å². The first-order valence-corrected chi connectivity index (χ1v) is 4.96. The Labute approximate surface area is 93.8 Å². The van der Waals surface area contributed by atoms with E-state index < -0.39 is 0 Å². The van der Waals surface area contributed by atoms with Crippen molar-refractivity contribution in [3.63, 3.8) is 0 Å². The Morgan fingerprint density at radius 1 is 1.43 bits per heavy atom. The molecule has 0 bridgehead atoms. The predicted molar refractivity (Wildman–Crippen MR) is 55.7 cm³/mol. The first-order valence-electron chi connectivity index (χ1n) is 3.79. The van der Waals surface area contributed by atoms with Gasteiger partial charge in [0.2, 0.25) is 0 Å². The molecule has 0 saturated heterocycles. The van der Waals surface area contributed by atoms with E-state index in [0.29, 0.717) is 15.4 Å². The zero-order valence-electron chi connectivity index (χ0n) is 6.91. The molecule has 2 aromatic rings. The van der Waals surface area contributed by atoms with Gasteiger partial charge in [0, 0.05) is 5.02 Å². The lowest BCUT2D eigenvalue weighted by Gasteiger charge is -1.99. The Kier molecular flexibility index (Phi) is 2.74. The molecule has 2 rings (SSSR count). The molecule has 0 unspecified atom stereocenters. The molecule has 5 heteroatoms. The van der Waals surface area contributed by atoms with E-state index in [1.165, 1.54) is 6.20 Å². The summed E-state index contributed by atoms with van der Waals surface area (Å²) in [5, 5.41) is 0.605. The zero-order valence-corrected chi connectivity index (χ0v) is 9.25. The summed E-state index contributed by atoms with van der Waals surface area (Å²) >= 11 is 8.90. The maximum absolute atomic E-state index is 5.78. The van der Waals surface area contributed by atoms with Crippen molar-refractivity contribution in [3.8, 4) is 11.8 Å². The van der Waals surface area contributed by atoms with Crippen molar-refractivity contribution in [1.29, 1.82) is 0 Å². The third kappa shape index (κ3) is 2.27. The van der Waals surface area contributed by atoms with Crippen molar-refractivity contribution in [2.45, 2.75) is 0 Å². The minimum absolute atomic E-state index is 0.180. The summed E-state index contributed by atoms with van der Waals surface area (Å²) in [7, 11) is 0. The molecule has 1 aromatic heterocycles. The fraction of sp³-hybridized carbons (Fsp3) is 0. The van der Waals surface area contributed by atoms with Crippen LogP contribution >= 0.6 is 27.5 Å². The molecule has 0 aliphatic heterocycles. The van der Waals surface area contributed by atoms with Crippen LogP contribution in [0.3, 0.4) is 0 Å². The van der Waals surface area contributed by atoms with Gasteiger partial charge in [0.25, 0.3) is 0 Å². The first-order chi connectivity index (χ1) is 6.74. The summed E-state index contributed by atoms with van der Waals surface area (Å²) in [6, 6.07) is 7.00. The number of benzene rings is 1. The van der Waals surface area contributed by atoms with Crippen molar-refractivity contribution in [2.75, 3.05) is 0 Å². The molecule has 0 radical (unpaired) electrons. The average Bonchev–Trinajstić information content (AvgIpc) is 2.51. The second-order valence-corrected chi connectivity index (χ2v) is 3.71. The van der Waals surface area contributed by atoms with E-state index in [1.54, 1.807) is 24.3 Å². The van der Waals surface area contributed by atoms with Gasteiger partial charge in [0.05, 0.1) is 6.20 Å². The number of hydrogen-bond donors (Lipinski definition) is 0. The molecule has 0 spiro atoms. The van der Waals surface area contributed by atoms with Gasteiger partial charge in [-0.05, 0) is 34.1 Å². The van der Waals surface area contributed by atoms with Crippen LogP contribution in [0.15, 0.2) is 39.5 Å². The number of halogens is 2. The summed E-state index contributed by atoms with van der Waals surface area (Å²) in [6.07, 6.45) is 1.69. The molecule has 1 heterocycles. The highest BCUT2D eigenvalue weighted by Gasteiger charge is 2.03. The lowest BCUT2D eigenvalue weighted by atomic mass is 10.3. The van der Waals surface area contributed by atoms with Gasteiger partial charge in [-0.2, -0.15) is 4.98 Å². The molecule has 3 nitrogen and oxygen atoms in total. The number of nitrogens with zero attached hydrogens (tertiary/aromatic N) is 1. The van der Waals surface area contributed by atoms with Crippen molar-refractivity contribution >= 4 is 27.5 Å². The zero-order chi connectivity index (χ0) is 9.97. The maximum atomic E-state index is 5.78. The highest BCUT2D eigenvalue weighted by molar-refractivity contribution is 9.10. The molecule has 1 aromatic carbocycles. The maximum Gasteiger partial charge on any atom is 0.400 e. The van der Waals surface area contributed by atoms with Crippen molar-refractivity contribution in [2.24, 2.45) is 0 Å². The minimum atomic E-state index is 0.180. The summed E-state index contributed by atoms with van der Waals surface area (Å²) in [4.78, 5) is 3.86. The number of hydrogen-bond acceptors (Lipinski definition) is 3. The van der Waals surface area contributed by atoms with Crippen LogP contribution in [0, 0.1) is 0 Å². The van der Waals surface area contributed by atoms with E-state index in [0.717, 1.165) is 0 Å². The molecule has 0 N–H and O–H groups in total. The van der Waals surface area contributed by atoms with Gasteiger partial charge in [-0.3, -0.25) is 0 Å². The highest BCUT2D eigenvalue weighted by Crippen LogP contribution is 2.25. The van der Waals surface area contributed by atoms with Gasteiger partial charge in [0.15, 0.2) is 4.67 Å². The Bertz CT molecular complexity index is 444. The highest BCUT2D eigenvalue weighted by atomic mass is 79.9. The van der Waals surface area contributed by atoms with E-state index in [9.17, 15) is 0 Å². The summed E-state index contributed by atoms with van der Waals surface area (Å²) in [5.74, 6) is 0.590. The molecule has 0 aliphatic carbocycles. The van der Waals surface area contributed by atoms with E-state index in [1.807, 2.05) is 0 Å². The van der Waals surface area contributed by atoms with Crippen molar-refractivity contribution < 1.29 is 9.15 Å². The molecule has 0 saturated carbocycles. The normalized spacial score (nSPS) is 10.1. The van der Waals surface area contributed by atoms with E-state index in [2.05, 4.69) is 20.9 Å². The Hall–Kier alpha value is -1.000. The number of aromatic nitrogens is 1. The summed E-state index contributed by atoms with van der Waals surface area (Å²) in [6.45, 7) is 0. The van der Waals surface area contributed by atoms with Crippen LogP contribution in [0.1, 0.15) is 0 Å². The summed E-state index contributed by atoms with van der Waals surface area (Å²) < 4.78 is 10.9. The quantitative estimate of drug-likeness (QED) is 0.833. The molecule has 0 atom stereocenters. The molecule has 0 fully saturated rings. The third-order valence-electron chi connectivity index (χ3n) is 1.46. The molecule has 0 aliphatic rings. The largest absolute Gasteiger partial charge is 0.411 e. The van der Waals surface area contributed by atoms with E-state index in [-0.39, 0.29) is 6.08 Å². The Balaban J connectivity index is 2.18. The molecular formula is C9H5BrClNO2. The molecular weight excluding hydrogens is 269 g/mol. The average molecular weight is 275 g/mol. The first kappa shape index (κ1) is 9.55. The molecule has 72 valence electrons. The fourth-order valence-electron chi connectivity index (χ4n) is 0.918. The smallest absolute Gasteiger partial charge is 0.400 e.